The van der Waals surface area contributed by atoms with E-state index in [1.54, 1.807) is 13.0 Å². The average Bonchev–Trinajstić information content (AvgIpc) is 2.79. The van der Waals surface area contributed by atoms with Gasteiger partial charge in [0.25, 0.3) is 5.95 Å². The quantitative estimate of drug-likeness (QED) is 0.201. The van der Waals surface area contributed by atoms with Crippen LogP contribution < -0.4 is 0 Å². The van der Waals surface area contributed by atoms with Crippen LogP contribution in [0.3, 0.4) is 0 Å². The third-order valence-electron chi connectivity index (χ3n) is 6.08. The standard InChI is InChI=1S/C19H28O3.C6H12O.C5H10O2/c1-5-6-16-11-14(3)17(12-20)9-7-13(2)8-10-18(16)15(4)19(21)22;1-5(2)4-6(3)7;1-3-4-5(6)7-2/h7,9,13-14,16,18H,4-6,8,10-11H2,1-3H3,(H,21,22);5H,4H2,1-3H3;4,6H,3H2,1-2H3/b9-7-;;5-4-/t13?,14?,16-,18?;;/m1../s1. The number of aliphatic hydroxyl groups excluding tert-OH is 1. The van der Waals surface area contributed by atoms with Crippen molar-refractivity contribution in [3.8, 4) is 0 Å². The minimum absolute atomic E-state index is 0.00231. The van der Waals surface area contributed by atoms with Crippen molar-refractivity contribution >= 4 is 17.7 Å². The first-order valence-electron chi connectivity index (χ1n) is 13.1. The molecule has 0 saturated heterocycles. The van der Waals surface area contributed by atoms with Crippen molar-refractivity contribution in [1.29, 1.82) is 0 Å². The van der Waals surface area contributed by atoms with Crippen LogP contribution in [-0.2, 0) is 19.1 Å². The second kappa shape index (κ2) is 20.6. The van der Waals surface area contributed by atoms with E-state index < -0.39 is 5.97 Å². The molecule has 1 aliphatic rings. The van der Waals surface area contributed by atoms with Crippen molar-refractivity contribution in [2.24, 2.45) is 29.6 Å². The number of carboxylic acid groups (broad SMARTS) is 1. The van der Waals surface area contributed by atoms with Gasteiger partial charge in [-0.25, -0.2) is 9.59 Å². The monoisotopic (exact) mass is 506 g/mol. The highest BCUT2D eigenvalue weighted by atomic mass is 16.6. The third kappa shape index (κ3) is 16.9. The van der Waals surface area contributed by atoms with Gasteiger partial charge >= 0.3 is 5.97 Å². The molecule has 0 radical (unpaired) electrons. The van der Waals surface area contributed by atoms with Crippen LogP contribution in [-0.4, -0.2) is 35.0 Å². The number of hydrogen-bond donors (Lipinski definition) is 2. The van der Waals surface area contributed by atoms with Gasteiger partial charge in [0.2, 0.25) is 0 Å². The van der Waals surface area contributed by atoms with E-state index in [0.29, 0.717) is 23.0 Å². The Hall–Kier alpha value is -2.59. The highest BCUT2D eigenvalue weighted by Crippen LogP contribution is 2.37. The molecule has 0 amide bonds. The van der Waals surface area contributed by atoms with Crippen molar-refractivity contribution < 1.29 is 29.3 Å². The summed E-state index contributed by atoms with van der Waals surface area (Å²) in [6, 6.07) is 0. The van der Waals surface area contributed by atoms with Gasteiger partial charge in [0.15, 0.2) is 0 Å². The first kappa shape index (κ1) is 35.6. The number of carbonyl (C=O) groups is 2. The molecule has 36 heavy (non-hydrogen) atoms. The zero-order valence-corrected chi connectivity index (χ0v) is 23.8. The fourth-order valence-corrected chi connectivity index (χ4v) is 4.23. The topological polar surface area (TPSA) is 101 Å². The summed E-state index contributed by atoms with van der Waals surface area (Å²) in [5.74, 6) is 2.64. The molecule has 0 saturated carbocycles. The van der Waals surface area contributed by atoms with Gasteiger partial charge in [-0.2, -0.15) is 0 Å². The first-order chi connectivity index (χ1) is 16.8. The number of Topliss-reactive ketones (excluding diaryl/α,β-unsaturated/α-hetero) is 1. The minimum atomic E-state index is -0.898. The summed E-state index contributed by atoms with van der Waals surface area (Å²) in [4.78, 5) is 32.9. The summed E-state index contributed by atoms with van der Waals surface area (Å²) < 4.78 is 4.41. The van der Waals surface area contributed by atoms with E-state index in [-0.39, 0.29) is 29.5 Å². The molecule has 6 heteroatoms. The fraction of sp³-hybridized carbons (Fsp3) is 0.667. The Balaban J connectivity index is 0. The minimum Gasteiger partial charge on any atom is -0.481 e. The lowest BCUT2D eigenvalue weighted by molar-refractivity contribution is -0.133. The predicted molar refractivity (Wildman–Crippen MR) is 147 cm³/mol. The Morgan fingerprint density at radius 3 is 2.19 bits per heavy atom. The van der Waals surface area contributed by atoms with Crippen LogP contribution in [0.5, 0.6) is 0 Å². The second-order valence-corrected chi connectivity index (χ2v) is 10.0. The lowest BCUT2D eigenvalue weighted by Gasteiger charge is -2.31. The highest BCUT2D eigenvalue weighted by molar-refractivity contribution is 5.86. The third-order valence-corrected chi connectivity index (χ3v) is 6.08. The maximum atomic E-state index is 11.4. The van der Waals surface area contributed by atoms with Crippen LogP contribution in [0, 0.1) is 29.6 Å². The number of ether oxygens (including phenoxy) is 1. The Morgan fingerprint density at radius 2 is 1.83 bits per heavy atom. The molecule has 206 valence electrons. The van der Waals surface area contributed by atoms with E-state index in [2.05, 4.69) is 31.1 Å². The molecule has 1 aliphatic carbocycles. The van der Waals surface area contributed by atoms with E-state index >= 15 is 0 Å². The molecule has 0 aromatic heterocycles. The molecule has 6 nitrogen and oxygen atoms in total. The van der Waals surface area contributed by atoms with Gasteiger partial charge in [-0.05, 0) is 68.3 Å². The van der Waals surface area contributed by atoms with Gasteiger partial charge in [-0.3, -0.25) is 0 Å². The van der Waals surface area contributed by atoms with Gasteiger partial charge in [0.05, 0.1) is 7.11 Å². The molecule has 0 aromatic rings. The number of ketones is 1. The molecule has 0 aliphatic heterocycles. The van der Waals surface area contributed by atoms with E-state index in [9.17, 15) is 19.5 Å². The van der Waals surface area contributed by atoms with Crippen LogP contribution >= 0.6 is 0 Å². The Labute approximate surface area is 219 Å². The van der Waals surface area contributed by atoms with Crippen molar-refractivity contribution in [3.63, 3.8) is 0 Å². The molecular formula is C30H50O6. The SMILES string of the molecule is C=C(C(=O)O)C1CCC(C)/C=C\C(=C=O)C(C)C[C@H]1CCC.CC(=O)CC(C)C.CC/C=C(/O)OC. The van der Waals surface area contributed by atoms with Crippen molar-refractivity contribution in [2.75, 3.05) is 7.11 Å². The maximum Gasteiger partial charge on any atom is 0.331 e. The van der Waals surface area contributed by atoms with Crippen LogP contribution in [0.2, 0.25) is 0 Å². The number of carboxylic acids is 1. The molecule has 3 unspecified atom stereocenters. The molecule has 0 fully saturated rings. The summed E-state index contributed by atoms with van der Waals surface area (Å²) >= 11 is 0. The molecular weight excluding hydrogens is 456 g/mol. The molecule has 4 atom stereocenters. The van der Waals surface area contributed by atoms with E-state index in [4.69, 9.17) is 5.11 Å². The van der Waals surface area contributed by atoms with Crippen molar-refractivity contribution in [1.82, 2.24) is 0 Å². The van der Waals surface area contributed by atoms with Crippen LogP contribution in [0.15, 0.2) is 41.9 Å². The lowest BCUT2D eigenvalue weighted by Crippen LogP contribution is -2.24. The van der Waals surface area contributed by atoms with Crippen molar-refractivity contribution in [3.05, 3.63) is 41.9 Å². The number of carbonyl (C=O) groups excluding carboxylic acids is 2. The van der Waals surface area contributed by atoms with Gasteiger partial charge < -0.3 is 19.7 Å². The lowest BCUT2D eigenvalue weighted by atomic mass is 9.73. The number of rotatable bonds is 8. The predicted octanol–water partition coefficient (Wildman–Crippen LogP) is 7.49. The van der Waals surface area contributed by atoms with Gasteiger partial charge in [0, 0.05) is 17.6 Å². The maximum absolute atomic E-state index is 11.4. The molecule has 2 N–H and O–H groups in total. The van der Waals surface area contributed by atoms with E-state index in [1.807, 2.05) is 39.8 Å². The van der Waals surface area contributed by atoms with Crippen LogP contribution in [0.25, 0.3) is 0 Å². The van der Waals surface area contributed by atoms with Gasteiger partial charge in [0.1, 0.15) is 11.7 Å². The molecule has 0 spiro atoms. The Kier molecular flexibility index (Phi) is 20.3. The van der Waals surface area contributed by atoms with E-state index in [1.165, 1.54) is 7.11 Å². The summed E-state index contributed by atoms with van der Waals surface area (Å²) in [5, 5.41) is 17.9. The Bertz CT molecular complexity index is 770. The largest absolute Gasteiger partial charge is 0.481 e. The molecule has 0 bridgehead atoms. The Morgan fingerprint density at radius 1 is 1.22 bits per heavy atom. The van der Waals surface area contributed by atoms with Crippen molar-refractivity contribution in [2.45, 2.75) is 93.4 Å². The highest BCUT2D eigenvalue weighted by Gasteiger charge is 2.29. The normalized spacial score (nSPS) is 23.1. The number of hydrogen-bond acceptors (Lipinski definition) is 5. The summed E-state index contributed by atoms with van der Waals surface area (Å²) in [6.07, 6.45) is 11.6. The average molecular weight is 507 g/mol. The zero-order valence-electron chi connectivity index (χ0n) is 23.8. The number of aliphatic hydroxyl groups is 1. The second-order valence-electron chi connectivity index (χ2n) is 10.0. The summed E-state index contributed by atoms with van der Waals surface area (Å²) in [6.45, 7) is 17.7. The zero-order chi connectivity index (χ0) is 28.3. The van der Waals surface area contributed by atoms with Gasteiger partial charge in [-0.15, -0.1) is 0 Å². The fourth-order valence-electron chi connectivity index (χ4n) is 4.23. The number of methoxy groups -OCH3 is 1. The summed E-state index contributed by atoms with van der Waals surface area (Å²) in [5.41, 5.74) is 1.01. The molecule has 1 rings (SSSR count). The molecule has 0 heterocycles. The smallest absolute Gasteiger partial charge is 0.331 e. The number of aliphatic carboxylic acids is 1. The first-order valence-corrected chi connectivity index (χ1v) is 13.1. The molecule has 0 aromatic carbocycles. The summed E-state index contributed by atoms with van der Waals surface area (Å²) in [7, 11) is 1.43. The van der Waals surface area contributed by atoms with Crippen LogP contribution in [0.4, 0.5) is 0 Å². The van der Waals surface area contributed by atoms with Gasteiger partial charge in [-0.1, -0.05) is 73.1 Å². The van der Waals surface area contributed by atoms with Crippen LogP contribution in [0.1, 0.15) is 93.4 Å². The van der Waals surface area contributed by atoms with E-state index in [0.717, 1.165) is 44.9 Å². The number of allylic oxidation sites excluding steroid dienone is 4.